The summed E-state index contributed by atoms with van der Waals surface area (Å²) in [5.41, 5.74) is 2.57. The van der Waals surface area contributed by atoms with E-state index in [2.05, 4.69) is 58.5 Å². The molecule has 0 radical (unpaired) electrons. The highest BCUT2D eigenvalue weighted by Crippen LogP contribution is 2.30. The van der Waals surface area contributed by atoms with Crippen molar-refractivity contribution < 1.29 is 0 Å². The van der Waals surface area contributed by atoms with Crippen molar-refractivity contribution in [3.63, 3.8) is 0 Å². The van der Waals surface area contributed by atoms with Crippen molar-refractivity contribution in [2.24, 2.45) is 0 Å². The number of aromatic nitrogens is 1. The fourth-order valence-corrected chi connectivity index (χ4v) is 3.77. The van der Waals surface area contributed by atoms with E-state index in [1.807, 2.05) is 18.5 Å². The van der Waals surface area contributed by atoms with Crippen molar-refractivity contribution in [3.8, 4) is 0 Å². The highest BCUT2D eigenvalue weighted by atomic mass is 32.1. The summed E-state index contributed by atoms with van der Waals surface area (Å²) in [5.74, 6) is 0. The second-order valence-electron chi connectivity index (χ2n) is 6.42. The van der Waals surface area contributed by atoms with E-state index in [-0.39, 0.29) is 6.04 Å². The summed E-state index contributed by atoms with van der Waals surface area (Å²) in [6.07, 6.45) is 8.62. The summed E-state index contributed by atoms with van der Waals surface area (Å²) in [7, 11) is 0. The minimum absolute atomic E-state index is 0.208. The Hall–Kier alpha value is -1.94. The predicted octanol–water partition coefficient (Wildman–Crippen LogP) is 4.63. The van der Waals surface area contributed by atoms with Gasteiger partial charge in [0.1, 0.15) is 0 Å². The third-order valence-corrected chi connectivity index (χ3v) is 5.10. The summed E-state index contributed by atoms with van der Waals surface area (Å²) in [6, 6.07) is 15.3. The van der Waals surface area contributed by atoms with Crippen molar-refractivity contribution >= 4 is 17.3 Å². The van der Waals surface area contributed by atoms with Crippen LogP contribution in [-0.4, -0.2) is 21.5 Å². The van der Waals surface area contributed by atoms with E-state index in [1.165, 1.54) is 30.4 Å². The van der Waals surface area contributed by atoms with Gasteiger partial charge in [-0.15, -0.1) is 0 Å². The zero-order chi connectivity index (χ0) is 16.8. The Labute approximate surface area is 150 Å². The average Bonchev–Trinajstić information content (AvgIpc) is 2.89. The van der Waals surface area contributed by atoms with Crippen LogP contribution in [0.4, 0.5) is 0 Å². The van der Waals surface area contributed by atoms with Crippen LogP contribution in [0.3, 0.4) is 0 Å². The molecule has 1 fully saturated rings. The summed E-state index contributed by atoms with van der Waals surface area (Å²) < 4.78 is 0. The summed E-state index contributed by atoms with van der Waals surface area (Å²) >= 11 is 5.79. The molecule has 1 aromatic carbocycles. The lowest BCUT2D eigenvalue weighted by molar-refractivity contribution is 0.314. The molecular formula is C20H25N3S. The van der Waals surface area contributed by atoms with Gasteiger partial charge in [-0.05, 0) is 55.2 Å². The lowest BCUT2D eigenvalue weighted by atomic mass is 10.0. The smallest absolute Gasteiger partial charge is 0.169 e. The Balaban J connectivity index is 1.75. The van der Waals surface area contributed by atoms with E-state index in [9.17, 15) is 0 Å². The molecule has 1 N–H and O–H groups in total. The van der Waals surface area contributed by atoms with Gasteiger partial charge < -0.3 is 10.2 Å². The number of hydrogen-bond donors (Lipinski definition) is 1. The van der Waals surface area contributed by atoms with Gasteiger partial charge >= 0.3 is 0 Å². The van der Waals surface area contributed by atoms with E-state index >= 15 is 0 Å². The molecule has 2 heterocycles. The van der Waals surface area contributed by atoms with Crippen molar-refractivity contribution in [3.05, 3.63) is 66.0 Å². The maximum Gasteiger partial charge on any atom is 0.169 e. The number of nitrogens with one attached hydrogen (secondary N) is 1. The molecule has 24 heavy (non-hydrogen) atoms. The minimum atomic E-state index is 0.208. The van der Waals surface area contributed by atoms with E-state index in [1.54, 1.807) is 0 Å². The van der Waals surface area contributed by atoms with E-state index in [4.69, 9.17) is 12.2 Å². The molecule has 126 valence electrons. The zero-order valence-corrected chi connectivity index (χ0v) is 15.0. The maximum atomic E-state index is 5.79. The second kappa shape index (κ2) is 8.25. The van der Waals surface area contributed by atoms with Crippen LogP contribution >= 0.6 is 12.2 Å². The average molecular weight is 340 g/mol. The highest BCUT2D eigenvalue weighted by Gasteiger charge is 2.25. The molecule has 3 nitrogen and oxygen atoms in total. The topological polar surface area (TPSA) is 28.2 Å². The number of pyridine rings is 1. The quantitative estimate of drug-likeness (QED) is 0.825. The molecule has 0 unspecified atom stereocenters. The number of rotatable bonds is 3. The number of nitrogens with zero attached hydrogens (tertiary/aromatic N) is 2. The first-order valence-corrected chi connectivity index (χ1v) is 9.18. The fourth-order valence-electron chi connectivity index (χ4n) is 3.38. The first kappa shape index (κ1) is 16.9. The molecule has 1 aliphatic rings. The molecule has 3 rings (SSSR count). The Kier molecular flexibility index (Phi) is 5.81. The van der Waals surface area contributed by atoms with Crippen LogP contribution in [0, 0.1) is 0 Å². The normalized spacial score (nSPS) is 19.4. The van der Waals surface area contributed by atoms with E-state index < -0.39 is 0 Å². The third kappa shape index (κ3) is 4.12. The lowest BCUT2D eigenvalue weighted by Crippen LogP contribution is -2.42. The minimum Gasteiger partial charge on any atom is -0.356 e. The Morgan fingerprint density at radius 2 is 1.88 bits per heavy atom. The predicted molar refractivity (Wildman–Crippen MR) is 103 cm³/mol. The van der Waals surface area contributed by atoms with Crippen molar-refractivity contribution in [1.29, 1.82) is 0 Å². The van der Waals surface area contributed by atoms with Crippen LogP contribution in [0.1, 0.15) is 55.8 Å². The van der Waals surface area contributed by atoms with Gasteiger partial charge in [-0.3, -0.25) is 4.98 Å². The first-order valence-electron chi connectivity index (χ1n) is 8.77. The van der Waals surface area contributed by atoms with Crippen molar-refractivity contribution in [2.75, 3.05) is 6.54 Å². The zero-order valence-electron chi connectivity index (χ0n) is 14.2. The molecule has 1 aliphatic heterocycles. The van der Waals surface area contributed by atoms with Gasteiger partial charge in [-0.2, -0.15) is 0 Å². The van der Waals surface area contributed by atoms with Crippen LogP contribution in [0.15, 0.2) is 54.9 Å². The Morgan fingerprint density at radius 3 is 2.62 bits per heavy atom. The molecule has 2 atom stereocenters. The molecule has 0 amide bonds. The van der Waals surface area contributed by atoms with Gasteiger partial charge in [-0.1, -0.05) is 43.2 Å². The SMILES string of the molecule is C[C@H](NC(=S)N1CCCCC[C@H]1c1ccncc1)c1ccccc1. The Bertz CT molecular complexity index is 644. The molecule has 0 aliphatic carbocycles. The van der Waals surface area contributed by atoms with E-state index in [0.29, 0.717) is 6.04 Å². The van der Waals surface area contributed by atoms with E-state index in [0.717, 1.165) is 18.1 Å². The van der Waals surface area contributed by atoms with Crippen LogP contribution < -0.4 is 5.32 Å². The summed E-state index contributed by atoms with van der Waals surface area (Å²) in [6.45, 7) is 3.18. The first-order chi connectivity index (χ1) is 11.8. The van der Waals surface area contributed by atoms with Gasteiger partial charge in [0.05, 0.1) is 12.1 Å². The fraction of sp³-hybridized carbons (Fsp3) is 0.400. The standard InChI is InChI=1S/C20H25N3S/c1-16(17-8-4-2-5-9-17)22-20(24)23-15-7-3-6-10-19(23)18-11-13-21-14-12-18/h2,4-5,8-9,11-14,16,19H,3,6-7,10,15H2,1H3,(H,22,24)/t16-,19-/m0/s1. The lowest BCUT2D eigenvalue weighted by Gasteiger charge is -2.34. The largest absolute Gasteiger partial charge is 0.356 e. The molecule has 2 aromatic rings. The highest BCUT2D eigenvalue weighted by molar-refractivity contribution is 7.80. The van der Waals surface area contributed by atoms with Crippen molar-refractivity contribution in [2.45, 2.75) is 44.7 Å². The molecule has 0 saturated carbocycles. The van der Waals surface area contributed by atoms with Crippen LogP contribution in [0.5, 0.6) is 0 Å². The monoisotopic (exact) mass is 339 g/mol. The van der Waals surface area contributed by atoms with Gasteiger partial charge in [0, 0.05) is 18.9 Å². The molecule has 0 spiro atoms. The number of likely N-dealkylation sites (tertiary alicyclic amines) is 1. The molecule has 0 bridgehead atoms. The molecular weight excluding hydrogens is 314 g/mol. The summed E-state index contributed by atoms with van der Waals surface area (Å²) in [5, 5.41) is 4.39. The maximum absolute atomic E-state index is 5.79. The Morgan fingerprint density at radius 1 is 1.12 bits per heavy atom. The van der Waals surface area contributed by atoms with Crippen LogP contribution in [0.2, 0.25) is 0 Å². The molecule has 1 saturated heterocycles. The number of benzene rings is 1. The second-order valence-corrected chi connectivity index (χ2v) is 6.81. The van der Waals surface area contributed by atoms with Crippen LogP contribution in [0.25, 0.3) is 0 Å². The number of hydrogen-bond acceptors (Lipinski definition) is 2. The molecule has 4 heteroatoms. The van der Waals surface area contributed by atoms with Gasteiger partial charge in [-0.25, -0.2) is 0 Å². The third-order valence-electron chi connectivity index (χ3n) is 4.74. The van der Waals surface area contributed by atoms with Crippen molar-refractivity contribution in [1.82, 2.24) is 15.2 Å². The molecule has 1 aromatic heterocycles. The van der Waals surface area contributed by atoms with Gasteiger partial charge in [0.25, 0.3) is 0 Å². The van der Waals surface area contributed by atoms with Gasteiger partial charge in [0.2, 0.25) is 0 Å². The summed E-state index contributed by atoms with van der Waals surface area (Å²) in [4.78, 5) is 6.53. The van der Waals surface area contributed by atoms with Gasteiger partial charge in [0.15, 0.2) is 5.11 Å². The number of thiocarbonyl (C=S) groups is 1. The van der Waals surface area contributed by atoms with Crippen LogP contribution in [-0.2, 0) is 0 Å².